The van der Waals surface area contributed by atoms with E-state index < -0.39 is 0 Å². The number of aryl methyl sites for hydroxylation is 1. The molecule has 0 unspecified atom stereocenters. The molecule has 27 heavy (non-hydrogen) atoms. The van der Waals surface area contributed by atoms with E-state index in [-0.39, 0.29) is 5.41 Å². The van der Waals surface area contributed by atoms with Crippen LogP contribution in [-0.4, -0.2) is 24.2 Å². The van der Waals surface area contributed by atoms with Crippen LogP contribution in [0.3, 0.4) is 0 Å². The normalized spacial score (nSPS) is 21.4. The van der Waals surface area contributed by atoms with Crippen LogP contribution in [0, 0.1) is 6.92 Å². The molecule has 134 valence electrons. The molecule has 2 aliphatic rings. The van der Waals surface area contributed by atoms with Crippen LogP contribution in [0.1, 0.15) is 29.5 Å². The summed E-state index contributed by atoms with van der Waals surface area (Å²) in [6.45, 7) is 3.98. The molecule has 0 N–H and O–H groups in total. The lowest BCUT2D eigenvalue weighted by Crippen LogP contribution is -2.46. The number of benzene rings is 3. The monoisotopic (exact) mass is 351 g/mol. The molecular weight excluding hydrogens is 325 g/mol. The van der Waals surface area contributed by atoms with E-state index in [9.17, 15) is 0 Å². The van der Waals surface area contributed by atoms with E-state index >= 15 is 0 Å². The van der Waals surface area contributed by atoms with Gasteiger partial charge in [0.15, 0.2) is 0 Å². The molecule has 2 heteroatoms. The minimum atomic E-state index is 0.0754. The summed E-state index contributed by atoms with van der Waals surface area (Å²) in [4.78, 5) is 2.81. The molecule has 0 bridgehead atoms. The topological polar surface area (TPSA) is 3.24 Å². The first kappa shape index (κ1) is 16.8. The Labute approximate surface area is 163 Å². The van der Waals surface area contributed by atoms with Gasteiger partial charge in [-0.05, 0) is 43.8 Å². The third-order valence-electron chi connectivity index (χ3n) is 6.90. The molecule has 1 atom stereocenters. The Hall–Kier alpha value is -2.32. The van der Waals surface area contributed by atoms with Gasteiger partial charge in [-0.1, -0.05) is 96.0 Å². The molecule has 0 aromatic heterocycles. The van der Waals surface area contributed by atoms with Gasteiger partial charge in [-0.2, -0.15) is 0 Å². The zero-order valence-corrected chi connectivity index (χ0v) is 16.0. The summed E-state index contributed by atoms with van der Waals surface area (Å²) in [6, 6.07) is 32.1. The van der Waals surface area contributed by atoms with Crippen molar-refractivity contribution < 1.29 is 0 Å². The van der Waals surface area contributed by atoms with Gasteiger partial charge in [0.1, 0.15) is 0 Å². The molecule has 2 aliphatic heterocycles. The summed E-state index contributed by atoms with van der Waals surface area (Å²) in [7, 11) is 0. The molecule has 0 spiro atoms. The second-order valence-electron chi connectivity index (χ2n) is 8.18. The van der Waals surface area contributed by atoms with Gasteiger partial charge in [-0.25, -0.2) is 0 Å². The van der Waals surface area contributed by atoms with E-state index in [1.807, 2.05) is 0 Å². The molecule has 2 saturated heterocycles. The Balaban J connectivity index is 1.71. The fourth-order valence-corrected chi connectivity index (χ4v) is 5.76. The number of hydrogen-bond acceptors (Lipinski definition) is 1. The third kappa shape index (κ3) is 2.58. The minimum absolute atomic E-state index is 0.0754. The van der Waals surface area contributed by atoms with Crippen LogP contribution in [-0.2, 0) is 5.41 Å². The van der Waals surface area contributed by atoms with E-state index in [4.69, 9.17) is 0 Å². The summed E-state index contributed by atoms with van der Waals surface area (Å²) < 4.78 is 0. The highest BCUT2D eigenvalue weighted by molar-refractivity contribution is 6.72. The highest BCUT2D eigenvalue weighted by Gasteiger charge is 2.57. The maximum Gasteiger partial charge on any atom is 0.259 e. The summed E-state index contributed by atoms with van der Waals surface area (Å²) in [5, 5.41) is 0. The predicted molar refractivity (Wildman–Crippen MR) is 115 cm³/mol. The number of nitrogens with zero attached hydrogens (tertiary/aromatic N) is 1. The van der Waals surface area contributed by atoms with Crippen LogP contribution in [0.25, 0.3) is 0 Å². The summed E-state index contributed by atoms with van der Waals surface area (Å²) in [6.07, 6.45) is 3.75. The maximum absolute atomic E-state index is 2.81. The number of hydrogen-bond donors (Lipinski definition) is 0. The van der Waals surface area contributed by atoms with Crippen molar-refractivity contribution in [1.29, 1.82) is 0 Å². The molecule has 0 saturated carbocycles. The molecule has 3 aromatic rings. The standard InChI is InChI=1S/C25H26BN/c1-20-11-8-9-16-23(20)26-19-25(21-12-4-2-5-13-21,22-14-6-3-7-15-22)24-17-10-18-27(24)26/h2-9,11-16,24H,10,17-19H2,1H3/t24-/m0/s1. The zero-order valence-electron chi connectivity index (χ0n) is 16.0. The number of fused-ring (bicyclic) bond motifs is 1. The van der Waals surface area contributed by atoms with Gasteiger partial charge >= 0.3 is 0 Å². The van der Waals surface area contributed by atoms with Gasteiger partial charge in [-0.3, -0.25) is 0 Å². The quantitative estimate of drug-likeness (QED) is 0.621. The van der Waals surface area contributed by atoms with Gasteiger partial charge in [0, 0.05) is 11.5 Å². The first-order chi connectivity index (χ1) is 13.3. The molecule has 1 nitrogen and oxygen atoms in total. The van der Waals surface area contributed by atoms with E-state index in [1.54, 1.807) is 0 Å². The van der Waals surface area contributed by atoms with Crippen molar-refractivity contribution in [2.75, 3.05) is 6.54 Å². The molecule has 0 aliphatic carbocycles. The fourth-order valence-electron chi connectivity index (χ4n) is 5.76. The molecule has 2 heterocycles. The average Bonchev–Trinajstić information content (AvgIpc) is 3.32. The van der Waals surface area contributed by atoms with Crippen molar-refractivity contribution in [3.05, 3.63) is 102 Å². The Bertz CT molecular complexity index is 882. The average molecular weight is 351 g/mol. The third-order valence-corrected chi connectivity index (χ3v) is 6.90. The van der Waals surface area contributed by atoms with Crippen LogP contribution in [0.15, 0.2) is 84.9 Å². The van der Waals surface area contributed by atoms with Crippen LogP contribution in [0.4, 0.5) is 0 Å². The van der Waals surface area contributed by atoms with Crippen LogP contribution < -0.4 is 5.46 Å². The highest BCUT2D eigenvalue weighted by Crippen LogP contribution is 2.51. The van der Waals surface area contributed by atoms with Crippen molar-refractivity contribution in [2.45, 2.75) is 37.5 Å². The van der Waals surface area contributed by atoms with E-state index in [0.29, 0.717) is 12.9 Å². The van der Waals surface area contributed by atoms with Crippen molar-refractivity contribution in [3.63, 3.8) is 0 Å². The van der Waals surface area contributed by atoms with Gasteiger partial charge < -0.3 is 4.81 Å². The maximum atomic E-state index is 2.81. The SMILES string of the molecule is Cc1ccccc1B1CC(c2ccccc2)(c2ccccc2)[C@@H]2CCCN12. The summed E-state index contributed by atoms with van der Waals surface area (Å²) in [5.41, 5.74) is 5.96. The first-order valence-electron chi connectivity index (χ1n) is 10.2. The Morgan fingerprint density at radius 1 is 0.815 bits per heavy atom. The van der Waals surface area contributed by atoms with E-state index in [0.717, 1.165) is 6.32 Å². The molecule has 0 radical (unpaired) electrons. The highest BCUT2D eigenvalue weighted by atomic mass is 15.2. The second kappa shape index (κ2) is 6.69. The van der Waals surface area contributed by atoms with E-state index in [2.05, 4.69) is 96.7 Å². The van der Waals surface area contributed by atoms with Crippen molar-refractivity contribution in [1.82, 2.24) is 4.81 Å². The lowest BCUT2D eigenvalue weighted by atomic mass is 9.48. The van der Waals surface area contributed by atoms with Crippen molar-refractivity contribution in [2.24, 2.45) is 0 Å². The van der Waals surface area contributed by atoms with Gasteiger partial charge in [0.25, 0.3) is 6.85 Å². The predicted octanol–water partition coefficient (Wildman–Crippen LogP) is 4.66. The smallest absolute Gasteiger partial charge is 0.259 e. The first-order valence-corrected chi connectivity index (χ1v) is 10.2. The van der Waals surface area contributed by atoms with Gasteiger partial charge in [0.05, 0.1) is 0 Å². The lowest BCUT2D eigenvalue weighted by Gasteiger charge is -2.37. The molecular formula is C25H26BN. The summed E-state index contributed by atoms with van der Waals surface area (Å²) >= 11 is 0. The minimum Gasteiger partial charge on any atom is -0.334 e. The van der Waals surface area contributed by atoms with Gasteiger partial charge in [-0.15, -0.1) is 0 Å². The number of rotatable bonds is 3. The largest absolute Gasteiger partial charge is 0.334 e. The van der Waals surface area contributed by atoms with E-state index in [1.165, 1.54) is 41.5 Å². The Morgan fingerprint density at radius 3 is 2.04 bits per heavy atom. The Morgan fingerprint density at radius 2 is 1.41 bits per heavy atom. The second-order valence-corrected chi connectivity index (χ2v) is 8.18. The molecule has 3 aromatic carbocycles. The van der Waals surface area contributed by atoms with Crippen molar-refractivity contribution >= 4 is 12.3 Å². The molecule has 2 fully saturated rings. The Kier molecular flexibility index (Phi) is 4.17. The van der Waals surface area contributed by atoms with Gasteiger partial charge in [0.2, 0.25) is 0 Å². The van der Waals surface area contributed by atoms with Crippen LogP contribution in [0.5, 0.6) is 0 Å². The fraction of sp³-hybridized carbons (Fsp3) is 0.280. The summed E-state index contributed by atoms with van der Waals surface area (Å²) in [5.74, 6) is 0. The lowest BCUT2D eigenvalue weighted by molar-refractivity contribution is 0.339. The van der Waals surface area contributed by atoms with Crippen molar-refractivity contribution in [3.8, 4) is 0 Å². The zero-order chi connectivity index (χ0) is 18.3. The molecule has 0 amide bonds. The van der Waals surface area contributed by atoms with Crippen LogP contribution >= 0.6 is 0 Å². The molecule has 5 rings (SSSR count). The van der Waals surface area contributed by atoms with Crippen LogP contribution in [0.2, 0.25) is 6.32 Å².